The van der Waals surface area contributed by atoms with E-state index < -0.39 is 0 Å². The fourth-order valence-corrected chi connectivity index (χ4v) is 4.07. The van der Waals surface area contributed by atoms with Crippen molar-refractivity contribution in [3.63, 3.8) is 0 Å². The second-order valence-electron chi connectivity index (χ2n) is 7.91. The number of aromatic nitrogens is 2. The molecule has 0 radical (unpaired) electrons. The summed E-state index contributed by atoms with van der Waals surface area (Å²) in [6.07, 6.45) is 4.77. The smallest absolute Gasteiger partial charge is 0.124 e. The molecule has 28 heavy (non-hydrogen) atoms. The highest BCUT2D eigenvalue weighted by atomic mass is 16.5. The van der Waals surface area contributed by atoms with Crippen molar-refractivity contribution < 1.29 is 4.74 Å². The van der Waals surface area contributed by atoms with E-state index in [0.29, 0.717) is 0 Å². The minimum atomic E-state index is 0.762. The quantitative estimate of drug-likeness (QED) is 0.511. The van der Waals surface area contributed by atoms with Gasteiger partial charge in [0.05, 0.1) is 24.2 Å². The van der Waals surface area contributed by atoms with Crippen molar-refractivity contribution in [1.82, 2.24) is 14.5 Å². The van der Waals surface area contributed by atoms with Crippen molar-refractivity contribution in [3.8, 4) is 5.75 Å². The molecule has 1 saturated heterocycles. The molecule has 3 aromatic rings. The molecule has 0 unspecified atom stereocenters. The van der Waals surface area contributed by atoms with Crippen LogP contribution in [0.3, 0.4) is 0 Å². The summed E-state index contributed by atoms with van der Waals surface area (Å²) in [5, 5.41) is 0. The molecule has 1 aromatic heterocycles. The Morgan fingerprint density at radius 2 is 1.79 bits per heavy atom. The maximum atomic E-state index is 6.03. The molecule has 0 spiro atoms. The zero-order valence-corrected chi connectivity index (χ0v) is 17.2. The van der Waals surface area contributed by atoms with Gasteiger partial charge in [-0.15, -0.1) is 0 Å². The molecule has 4 heteroatoms. The van der Waals surface area contributed by atoms with Gasteiger partial charge in [-0.1, -0.05) is 24.3 Å². The fraction of sp³-hybridized carbons (Fsp3) is 0.458. The summed E-state index contributed by atoms with van der Waals surface area (Å²) in [6.45, 7) is 9.40. The fourth-order valence-electron chi connectivity index (χ4n) is 4.07. The molecule has 1 aliphatic heterocycles. The lowest BCUT2D eigenvalue weighted by Gasteiger charge is -2.16. The van der Waals surface area contributed by atoms with Crippen LogP contribution in [-0.2, 0) is 13.1 Å². The minimum absolute atomic E-state index is 0.762. The van der Waals surface area contributed by atoms with Crippen molar-refractivity contribution in [3.05, 3.63) is 59.4 Å². The van der Waals surface area contributed by atoms with E-state index >= 15 is 0 Å². The van der Waals surface area contributed by atoms with Crippen LogP contribution in [0, 0.1) is 13.8 Å². The zero-order valence-electron chi connectivity index (χ0n) is 17.2. The van der Waals surface area contributed by atoms with Crippen LogP contribution in [0.2, 0.25) is 0 Å². The summed E-state index contributed by atoms with van der Waals surface area (Å²) < 4.78 is 8.45. The number of hydrogen-bond donors (Lipinski definition) is 0. The standard InChI is InChI=1S/C24H31N3O/c1-19-10-9-13-23(20(19)2)28-17-8-7-16-27-22-12-4-3-11-21(22)25-24(27)18-26-14-5-6-15-26/h3-4,9-13H,5-8,14-18H2,1-2H3. The number of hydrogen-bond acceptors (Lipinski definition) is 3. The first-order valence-corrected chi connectivity index (χ1v) is 10.6. The monoisotopic (exact) mass is 377 g/mol. The van der Waals surface area contributed by atoms with Crippen LogP contribution in [0.25, 0.3) is 11.0 Å². The zero-order chi connectivity index (χ0) is 19.3. The van der Waals surface area contributed by atoms with Crippen LogP contribution in [0.1, 0.15) is 42.6 Å². The van der Waals surface area contributed by atoms with Gasteiger partial charge in [0.15, 0.2) is 0 Å². The van der Waals surface area contributed by atoms with Crippen molar-refractivity contribution in [2.75, 3.05) is 19.7 Å². The van der Waals surface area contributed by atoms with Gasteiger partial charge in [-0.05, 0) is 81.9 Å². The number of imidazole rings is 1. The molecule has 1 fully saturated rings. The van der Waals surface area contributed by atoms with Gasteiger partial charge in [-0.2, -0.15) is 0 Å². The van der Waals surface area contributed by atoms with Gasteiger partial charge in [-0.25, -0.2) is 4.98 Å². The molecule has 0 aliphatic carbocycles. The first kappa shape index (κ1) is 19.0. The highest BCUT2D eigenvalue weighted by Gasteiger charge is 2.17. The third-order valence-electron chi connectivity index (χ3n) is 5.89. The third-order valence-corrected chi connectivity index (χ3v) is 5.89. The van der Waals surface area contributed by atoms with E-state index in [9.17, 15) is 0 Å². The first-order chi connectivity index (χ1) is 13.7. The molecule has 2 aromatic carbocycles. The number of likely N-dealkylation sites (tertiary alicyclic amines) is 1. The molecular formula is C24H31N3O. The van der Waals surface area contributed by atoms with Crippen LogP contribution >= 0.6 is 0 Å². The number of rotatable bonds is 8. The molecule has 1 aliphatic rings. The molecule has 0 N–H and O–H groups in total. The number of para-hydroxylation sites is 2. The Bertz CT molecular complexity index is 925. The van der Waals surface area contributed by atoms with Gasteiger partial charge in [0.1, 0.15) is 11.6 Å². The summed E-state index contributed by atoms with van der Waals surface area (Å²) in [5.74, 6) is 2.22. The van der Waals surface area contributed by atoms with Gasteiger partial charge in [0.2, 0.25) is 0 Å². The second-order valence-corrected chi connectivity index (χ2v) is 7.91. The number of ether oxygens (including phenoxy) is 1. The molecule has 2 heterocycles. The Kier molecular flexibility index (Phi) is 5.96. The topological polar surface area (TPSA) is 30.3 Å². The van der Waals surface area contributed by atoms with Crippen molar-refractivity contribution in [2.45, 2.75) is 52.6 Å². The van der Waals surface area contributed by atoms with Gasteiger partial charge in [0.25, 0.3) is 0 Å². The highest BCUT2D eigenvalue weighted by Crippen LogP contribution is 2.22. The number of unbranched alkanes of at least 4 members (excludes halogenated alkanes) is 1. The van der Waals surface area contributed by atoms with E-state index in [1.807, 2.05) is 0 Å². The van der Waals surface area contributed by atoms with Gasteiger partial charge in [-0.3, -0.25) is 4.90 Å². The maximum Gasteiger partial charge on any atom is 0.124 e. The van der Waals surface area contributed by atoms with E-state index in [-0.39, 0.29) is 0 Å². The van der Waals surface area contributed by atoms with Crippen LogP contribution in [-0.4, -0.2) is 34.1 Å². The molecule has 4 rings (SSSR count). The van der Waals surface area contributed by atoms with Crippen molar-refractivity contribution in [2.24, 2.45) is 0 Å². The molecular weight excluding hydrogens is 346 g/mol. The van der Waals surface area contributed by atoms with Crippen LogP contribution < -0.4 is 4.74 Å². The average molecular weight is 378 g/mol. The van der Waals surface area contributed by atoms with Crippen molar-refractivity contribution in [1.29, 1.82) is 0 Å². The Hall–Kier alpha value is -2.33. The SMILES string of the molecule is Cc1cccc(OCCCCn2c(CN3CCCC3)nc3ccccc32)c1C. The number of fused-ring (bicyclic) bond motifs is 1. The van der Waals surface area contributed by atoms with E-state index in [1.54, 1.807) is 0 Å². The van der Waals surface area contributed by atoms with Gasteiger partial charge in [0, 0.05) is 6.54 Å². The molecule has 0 amide bonds. The number of aryl methyl sites for hydroxylation is 2. The lowest BCUT2D eigenvalue weighted by Crippen LogP contribution is -2.21. The molecule has 0 atom stereocenters. The molecule has 4 nitrogen and oxygen atoms in total. The number of nitrogens with zero attached hydrogens (tertiary/aromatic N) is 3. The van der Waals surface area contributed by atoms with E-state index in [0.717, 1.165) is 43.8 Å². The average Bonchev–Trinajstić information content (AvgIpc) is 3.33. The van der Waals surface area contributed by atoms with E-state index in [1.165, 1.54) is 48.4 Å². The summed E-state index contributed by atoms with van der Waals surface area (Å²) >= 11 is 0. The lowest BCUT2D eigenvalue weighted by atomic mass is 10.1. The predicted molar refractivity (Wildman–Crippen MR) is 115 cm³/mol. The summed E-state index contributed by atoms with van der Waals surface area (Å²) in [6, 6.07) is 14.8. The van der Waals surface area contributed by atoms with Crippen molar-refractivity contribution >= 4 is 11.0 Å². The summed E-state index contributed by atoms with van der Waals surface area (Å²) in [4.78, 5) is 7.46. The Morgan fingerprint density at radius 1 is 0.964 bits per heavy atom. The second kappa shape index (κ2) is 8.78. The Balaban J connectivity index is 1.37. The predicted octanol–water partition coefficient (Wildman–Crippen LogP) is 5.11. The Labute approximate surface area is 168 Å². The normalized spacial score (nSPS) is 14.8. The maximum absolute atomic E-state index is 6.03. The first-order valence-electron chi connectivity index (χ1n) is 10.6. The molecule has 0 saturated carbocycles. The molecule has 148 valence electrons. The minimum Gasteiger partial charge on any atom is -0.493 e. The highest BCUT2D eigenvalue weighted by molar-refractivity contribution is 5.75. The van der Waals surface area contributed by atoms with Gasteiger partial charge < -0.3 is 9.30 Å². The lowest BCUT2D eigenvalue weighted by molar-refractivity contribution is 0.297. The van der Waals surface area contributed by atoms with Crippen LogP contribution in [0.5, 0.6) is 5.75 Å². The summed E-state index contributed by atoms with van der Waals surface area (Å²) in [7, 11) is 0. The van der Waals surface area contributed by atoms with Crippen LogP contribution in [0.15, 0.2) is 42.5 Å². The summed E-state index contributed by atoms with van der Waals surface area (Å²) in [5.41, 5.74) is 4.90. The van der Waals surface area contributed by atoms with Gasteiger partial charge >= 0.3 is 0 Å². The third kappa shape index (κ3) is 4.22. The van der Waals surface area contributed by atoms with Crippen LogP contribution in [0.4, 0.5) is 0 Å². The Morgan fingerprint density at radius 3 is 2.64 bits per heavy atom. The molecule has 0 bridgehead atoms. The van der Waals surface area contributed by atoms with E-state index in [2.05, 4.69) is 65.8 Å². The number of benzene rings is 2. The largest absolute Gasteiger partial charge is 0.493 e. The van der Waals surface area contributed by atoms with E-state index in [4.69, 9.17) is 9.72 Å².